The van der Waals surface area contributed by atoms with Gasteiger partial charge in [-0.25, -0.2) is 0 Å². The van der Waals surface area contributed by atoms with Crippen molar-refractivity contribution in [3.05, 3.63) is 11.6 Å². The van der Waals surface area contributed by atoms with Crippen LogP contribution in [0.25, 0.3) is 0 Å². The molecule has 0 aromatic carbocycles. The van der Waals surface area contributed by atoms with Crippen molar-refractivity contribution in [2.75, 3.05) is 0 Å². The van der Waals surface area contributed by atoms with Crippen LogP contribution in [0.2, 0.25) is 0 Å². The van der Waals surface area contributed by atoms with Crippen LogP contribution in [0.15, 0.2) is 11.6 Å². The molecule has 4 aliphatic carbocycles. The van der Waals surface area contributed by atoms with Crippen LogP contribution >= 0.6 is 0 Å². The van der Waals surface area contributed by atoms with Gasteiger partial charge in [0.2, 0.25) is 0 Å². The predicted octanol–water partition coefficient (Wildman–Crippen LogP) is 3.59. The van der Waals surface area contributed by atoms with E-state index in [1.165, 1.54) is 12.8 Å². The van der Waals surface area contributed by atoms with E-state index in [1.807, 2.05) is 0 Å². The Labute approximate surface area is 98.3 Å². The molecule has 3 fully saturated rings. The maximum Gasteiger partial charge on any atom is 0.133 e. The smallest absolute Gasteiger partial charge is 0.133 e. The molecule has 0 radical (unpaired) electrons. The Hall–Kier alpha value is -0.590. The fourth-order valence-electron chi connectivity index (χ4n) is 4.34. The molecule has 0 N–H and O–H groups in total. The van der Waals surface area contributed by atoms with Gasteiger partial charge >= 0.3 is 0 Å². The summed E-state index contributed by atoms with van der Waals surface area (Å²) < 4.78 is 0. The van der Waals surface area contributed by atoms with E-state index < -0.39 is 0 Å². The van der Waals surface area contributed by atoms with E-state index in [2.05, 4.69) is 19.9 Å². The molecule has 2 bridgehead atoms. The molecule has 1 nitrogen and oxygen atoms in total. The summed E-state index contributed by atoms with van der Waals surface area (Å²) in [6.07, 6.45) is 7.34. The molecule has 0 aromatic rings. The summed E-state index contributed by atoms with van der Waals surface area (Å²) in [4.78, 5) is 11.5. The maximum absolute atomic E-state index is 11.5. The molecular formula is C15H22O. The monoisotopic (exact) mass is 218 g/mol. The van der Waals surface area contributed by atoms with E-state index in [9.17, 15) is 4.79 Å². The minimum atomic E-state index is 0.328. The second-order valence-electron chi connectivity index (χ2n) is 6.72. The second-order valence-corrected chi connectivity index (χ2v) is 6.72. The van der Waals surface area contributed by atoms with Gasteiger partial charge in [-0.15, -0.1) is 0 Å². The molecule has 1 heteroatoms. The molecule has 4 atom stereocenters. The summed E-state index contributed by atoms with van der Waals surface area (Å²) in [7, 11) is 0. The lowest BCUT2D eigenvalue weighted by molar-refractivity contribution is -0.122. The lowest BCUT2D eigenvalue weighted by Crippen LogP contribution is -2.53. The summed E-state index contributed by atoms with van der Waals surface area (Å²) in [5.74, 6) is 3.23. The molecule has 0 aliphatic heterocycles. The molecule has 0 spiro atoms. The first kappa shape index (κ1) is 10.6. The third-order valence-corrected chi connectivity index (χ3v) is 5.70. The van der Waals surface area contributed by atoms with Crippen molar-refractivity contribution >= 4 is 5.78 Å². The molecule has 0 heterocycles. The van der Waals surface area contributed by atoms with E-state index >= 15 is 0 Å². The summed E-state index contributed by atoms with van der Waals surface area (Å²) in [5, 5.41) is 0. The van der Waals surface area contributed by atoms with E-state index in [0.717, 1.165) is 30.6 Å². The summed E-state index contributed by atoms with van der Waals surface area (Å²) in [6.45, 7) is 6.62. The van der Waals surface area contributed by atoms with Crippen molar-refractivity contribution in [3.8, 4) is 0 Å². The van der Waals surface area contributed by atoms with Gasteiger partial charge in [-0.2, -0.15) is 0 Å². The molecule has 0 amide bonds. The maximum atomic E-state index is 11.5. The van der Waals surface area contributed by atoms with Crippen molar-refractivity contribution in [2.24, 2.45) is 29.1 Å². The lowest BCUT2D eigenvalue weighted by Gasteiger charge is -2.61. The predicted molar refractivity (Wildman–Crippen MR) is 65.0 cm³/mol. The lowest BCUT2D eigenvalue weighted by atomic mass is 9.43. The van der Waals surface area contributed by atoms with Crippen LogP contribution in [0, 0.1) is 29.1 Å². The number of hydrogen-bond donors (Lipinski definition) is 0. The van der Waals surface area contributed by atoms with Crippen LogP contribution in [-0.4, -0.2) is 5.78 Å². The zero-order chi connectivity index (χ0) is 11.5. The van der Waals surface area contributed by atoms with Gasteiger partial charge in [0.1, 0.15) is 5.78 Å². The zero-order valence-corrected chi connectivity index (χ0v) is 10.6. The van der Waals surface area contributed by atoms with Gasteiger partial charge in [0.25, 0.3) is 0 Å². The van der Waals surface area contributed by atoms with Crippen LogP contribution in [0.4, 0.5) is 0 Å². The van der Waals surface area contributed by atoms with Crippen LogP contribution in [0.3, 0.4) is 0 Å². The van der Waals surface area contributed by atoms with E-state index in [-0.39, 0.29) is 0 Å². The number of carbonyl (C=O) groups is 1. The first-order chi connectivity index (χ1) is 7.50. The summed E-state index contributed by atoms with van der Waals surface area (Å²) >= 11 is 0. The van der Waals surface area contributed by atoms with E-state index in [1.54, 1.807) is 12.5 Å². The Kier molecular flexibility index (Phi) is 2.12. The Morgan fingerprint density at radius 1 is 1.31 bits per heavy atom. The van der Waals surface area contributed by atoms with Crippen molar-refractivity contribution in [2.45, 2.75) is 46.5 Å². The van der Waals surface area contributed by atoms with Crippen LogP contribution in [-0.2, 0) is 4.79 Å². The average molecular weight is 218 g/mol. The van der Waals surface area contributed by atoms with Gasteiger partial charge in [-0.05, 0) is 55.8 Å². The highest BCUT2D eigenvalue weighted by atomic mass is 16.1. The molecule has 4 rings (SSSR count). The normalized spacial score (nSPS) is 44.1. The van der Waals surface area contributed by atoms with Crippen molar-refractivity contribution < 1.29 is 4.79 Å². The highest BCUT2D eigenvalue weighted by Crippen LogP contribution is 2.64. The largest absolute Gasteiger partial charge is 0.300 e. The van der Waals surface area contributed by atoms with Gasteiger partial charge in [0, 0.05) is 5.92 Å². The fourth-order valence-corrected chi connectivity index (χ4v) is 4.34. The van der Waals surface area contributed by atoms with Crippen LogP contribution < -0.4 is 0 Å². The highest BCUT2D eigenvalue weighted by molar-refractivity contribution is 5.78. The molecular weight excluding hydrogens is 196 g/mol. The van der Waals surface area contributed by atoms with E-state index in [4.69, 9.17) is 0 Å². The number of rotatable bonds is 1. The Bertz CT molecular complexity index is 364. The highest BCUT2D eigenvalue weighted by Gasteiger charge is 2.55. The molecule has 4 aliphatic rings. The van der Waals surface area contributed by atoms with Gasteiger partial charge in [0.15, 0.2) is 0 Å². The molecule has 16 heavy (non-hydrogen) atoms. The molecule has 4 unspecified atom stereocenters. The Morgan fingerprint density at radius 2 is 2.06 bits per heavy atom. The van der Waals surface area contributed by atoms with Gasteiger partial charge in [0.05, 0.1) is 0 Å². The van der Waals surface area contributed by atoms with Crippen molar-refractivity contribution in [3.63, 3.8) is 0 Å². The molecule has 3 saturated carbocycles. The summed E-state index contributed by atoms with van der Waals surface area (Å²) in [5.41, 5.74) is 2.26. The Balaban J connectivity index is 1.84. The third-order valence-electron chi connectivity index (χ3n) is 5.70. The van der Waals surface area contributed by atoms with Gasteiger partial charge < -0.3 is 0 Å². The van der Waals surface area contributed by atoms with Gasteiger partial charge in [-0.3, -0.25) is 4.79 Å². The minimum absolute atomic E-state index is 0.328. The zero-order valence-electron chi connectivity index (χ0n) is 10.6. The second kappa shape index (κ2) is 3.21. The topological polar surface area (TPSA) is 17.1 Å². The number of ketones is 1. The Morgan fingerprint density at radius 3 is 2.69 bits per heavy atom. The molecule has 88 valence electrons. The average Bonchev–Trinajstić information content (AvgIpc) is 2.27. The minimum Gasteiger partial charge on any atom is -0.300 e. The first-order valence-electron chi connectivity index (χ1n) is 6.70. The van der Waals surface area contributed by atoms with Gasteiger partial charge in [-0.1, -0.05) is 25.5 Å². The van der Waals surface area contributed by atoms with E-state index in [0.29, 0.717) is 17.1 Å². The third kappa shape index (κ3) is 1.26. The summed E-state index contributed by atoms with van der Waals surface area (Å²) in [6, 6.07) is 0. The first-order valence-corrected chi connectivity index (χ1v) is 6.70. The van der Waals surface area contributed by atoms with Crippen molar-refractivity contribution in [1.29, 1.82) is 0 Å². The molecule has 0 saturated heterocycles. The fraction of sp³-hybridized carbons (Fsp3) is 0.800. The quantitative estimate of drug-likeness (QED) is 0.615. The number of carbonyl (C=O) groups excluding carboxylic acids is 1. The van der Waals surface area contributed by atoms with Crippen LogP contribution in [0.1, 0.15) is 46.5 Å². The number of allylic oxidation sites excluding steroid dienone is 2. The standard InChI is InChI=1S/C15H22O/c1-9(16)10-4-5-13-11(6-10)7-12-8-14(13)15(12,2)3/h5,10-12,14H,4,6-8H2,1-3H3. The van der Waals surface area contributed by atoms with Crippen molar-refractivity contribution in [1.82, 2.24) is 0 Å². The van der Waals surface area contributed by atoms with Crippen LogP contribution in [0.5, 0.6) is 0 Å². The number of Topliss-reactive ketones (excluding diaryl/α,β-unsaturated/α-hetero) is 1. The molecule has 0 aromatic heterocycles. The number of hydrogen-bond acceptors (Lipinski definition) is 1. The SMILES string of the molecule is CC(=O)C1CC=C2C(C1)CC1CC2C1(C)C.